The van der Waals surface area contributed by atoms with Gasteiger partial charge in [0.05, 0.1) is 14.2 Å². The molecule has 0 radical (unpaired) electrons. The van der Waals surface area contributed by atoms with Crippen molar-refractivity contribution >= 4 is 23.9 Å². The zero-order valence-electron chi connectivity index (χ0n) is 29.4. The van der Waals surface area contributed by atoms with E-state index in [0.29, 0.717) is 17.5 Å². The molecule has 1 unspecified atom stereocenters. The third-order valence-corrected chi connectivity index (χ3v) is 8.02. The van der Waals surface area contributed by atoms with Gasteiger partial charge in [-0.3, -0.25) is 4.79 Å². The highest BCUT2D eigenvalue weighted by molar-refractivity contribution is 6.01. The highest BCUT2D eigenvalue weighted by Crippen LogP contribution is 2.49. The highest BCUT2D eigenvalue weighted by Gasteiger charge is 2.32. The number of unbranched alkanes of at least 4 members (excludes halogenated alkanes) is 7. The monoisotopic (exact) mass is 710 g/mol. The van der Waals surface area contributed by atoms with Gasteiger partial charge in [0.2, 0.25) is 17.3 Å². The Hall–Kier alpha value is -5.46. The molecule has 13 heteroatoms. The number of carbonyl (C=O) groups is 4. The number of ether oxygens (including phenoxy) is 6. The number of ketones is 1. The molecule has 0 saturated carbocycles. The predicted molar refractivity (Wildman–Crippen MR) is 186 cm³/mol. The summed E-state index contributed by atoms with van der Waals surface area (Å²) in [4.78, 5) is 50.0. The summed E-state index contributed by atoms with van der Waals surface area (Å²) in [5, 5.41) is 29.2. The number of benzene rings is 3. The number of methoxy groups -OCH3 is 2. The second-order valence-electron chi connectivity index (χ2n) is 11.8. The largest absolute Gasteiger partial charge is 0.515 e. The average Bonchev–Trinajstić information content (AvgIpc) is 3.12. The summed E-state index contributed by atoms with van der Waals surface area (Å²) in [5.74, 6) is -3.77. The van der Waals surface area contributed by atoms with Gasteiger partial charge < -0.3 is 43.7 Å². The second kappa shape index (κ2) is 20.3. The van der Waals surface area contributed by atoms with Crippen molar-refractivity contribution in [2.45, 2.75) is 77.7 Å². The number of aromatic hydroxyl groups is 1. The Bertz CT molecular complexity index is 1600. The number of rotatable bonds is 22. The van der Waals surface area contributed by atoms with Crippen LogP contribution in [0, 0.1) is 6.92 Å². The Labute approximate surface area is 297 Å². The van der Waals surface area contributed by atoms with Crippen LogP contribution < -0.4 is 23.7 Å². The van der Waals surface area contributed by atoms with Crippen molar-refractivity contribution in [3.63, 3.8) is 0 Å². The maximum Gasteiger partial charge on any atom is 0.515 e. The van der Waals surface area contributed by atoms with Crippen molar-refractivity contribution < 1.29 is 62.9 Å². The van der Waals surface area contributed by atoms with E-state index < -0.39 is 43.2 Å². The van der Waals surface area contributed by atoms with Crippen LogP contribution in [-0.2, 0) is 20.7 Å². The van der Waals surface area contributed by atoms with Gasteiger partial charge in [-0.1, -0.05) is 82.2 Å². The number of Topliss-reactive ketones (excluding diaryl/α,β-unsaturated/α-hetero) is 1. The van der Waals surface area contributed by atoms with E-state index in [1.54, 1.807) is 25.1 Å². The van der Waals surface area contributed by atoms with Crippen molar-refractivity contribution in [2.75, 3.05) is 27.4 Å². The molecule has 276 valence electrons. The van der Waals surface area contributed by atoms with Gasteiger partial charge in [0.15, 0.2) is 30.8 Å². The predicted octanol–water partition coefficient (Wildman–Crippen LogP) is 7.47. The Morgan fingerprint density at radius 3 is 1.80 bits per heavy atom. The topological polar surface area (TPSA) is 184 Å². The number of phenols is 1. The van der Waals surface area contributed by atoms with E-state index in [9.17, 15) is 24.3 Å². The van der Waals surface area contributed by atoms with Gasteiger partial charge >= 0.3 is 18.1 Å². The highest BCUT2D eigenvalue weighted by atomic mass is 16.7. The third kappa shape index (κ3) is 11.8. The minimum absolute atomic E-state index is 0.0188. The second-order valence-corrected chi connectivity index (χ2v) is 11.8. The first-order chi connectivity index (χ1) is 24.5. The Kier molecular flexibility index (Phi) is 15.9. The molecule has 0 fully saturated rings. The van der Waals surface area contributed by atoms with Crippen LogP contribution in [0.15, 0.2) is 48.5 Å². The summed E-state index contributed by atoms with van der Waals surface area (Å²) in [5.41, 5.74) is 1.05. The van der Waals surface area contributed by atoms with Crippen LogP contribution in [0.3, 0.4) is 0 Å². The Balaban J connectivity index is 2.00. The molecule has 0 heterocycles. The van der Waals surface area contributed by atoms with Crippen LogP contribution in [0.2, 0.25) is 0 Å². The number of hydrogen-bond donors (Lipinski definition) is 3. The third-order valence-electron chi connectivity index (χ3n) is 8.02. The molecular weight excluding hydrogens is 664 g/mol. The first kappa shape index (κ1) is 40.0. The van der Waals surface area contributed by atoms with Gasteiger partial charge in [-0.25, -0.2) is 14.4 Å². The molecule has 13 nitrogen and oxygen atoms in total. The molecule has 0 aromatic heterocycles. The molecule has 3 N–H and O–H groups in total. The van der Waals surface area contributed by atoms with Crippen LogP contribution in [-0.4, -0.2) is 66.6 Å². The fourth-order valence-electron chi connectivity index (χ4n) is 5.48. The SMILES string of the molecule is CCCCCCCCCCc1c(C)c(O)c(OC)c(OC)c1OC(=O)OC(C(=O)c1ccccc1)c1cc(OCC(=O)O)cc(OCC(=O)O)c1. The fourth-order valence-corrected chi connectivity index (χ4v) is 5.48. The lowest BCUT2D eigenvalue weighted by atomic mass is 9.98. The molecule has 3 aromatic rings. The molecule has 0 aliphatic rings. The van der Waals surface area contributed by atoms with Crippen molar-refractivity contribution in [1.82, 2.24) is 0 Å². The van der Waals surface area contributed by atoms with Gasteiger partial charge in [0.1, 0.15) is 11.5 Å². The maximum atomic E-state index is 13.9. The molecule has 3 rings (SSSR count). The first-order valence-electron chi connectivity index (χ1n) is 16.8. The minimum Gasteiger partial charge on any atom is -0.504 e. The van der Waals surface area contributed by atoms with Crippen molar-refractivity contribution in [3.05, 3.63) is 70.8 Å². The normalized spacial score (nSPS) is 11.3. The molecule has 1 atom stereocenters. The Morgan fingerprint density at radius 1 is 0.725 bits per heavy atom. The molecule has 0 spiro atoms. The molecule has 0 amide bonds. The summed E-state index contributed by atoms with van der Waals surface area (Å²) < 4.78 is 33.0. The zero-order chi connectivity index (χ0) is 37.3. The van der Waals surface area contributed by atoms with Gasteiger partial charge in [0.25, 0.3) is 0 Å². The summed E-state index contributed by atoms with van der Waals surface area (Å²) in [6.07, 6.45) is 5.93. The molecule has 0 saturated heterocycles. The summed E-state index contributed by atoms with van der Waals surface area (Å²) in [6.45, 7) is 2.32. The fraction of sp³-hybridized carbons (Fsp3) is 0.421. The molecule has 0 aliphatic carbocycles. The van der Waals surface area contributed by atoms with Crippen LogP contribution in [0.5, 0.6) is 34.5 Å². The smallest absolute Gasteiger partial charge is 0.504 e. The average molecular weight is 711 g/mol. The zero-order valence-corrected chi connectivity index (χ0v) is 29.4. The van der Waals surface area contributed by atoms with E-state index in [2.05, 4.69) is 6.92 Å². The lowest BCUT2D eigenvalue weighted by molar-refractivity contribution is -0.140. The quantitative estimate of drug-likeness (QED) is 0.0404. The van der Waals surface area contributed by atoms with E-state index in [-0.39, 0.29) is 45.6 Å². The van der Waals surface area contributed by atoms with Crippen LogP contribution in [0.1, 0.15) is 91.4 Å². The van der Waals surface area contributed by atoms with Gasteiger partial charge in [-0.2, -0.15) is 0 Å². The van der Waals surface area contributed by atoms with Gasteiger partial charge in [-0.05, 0) is 31.9 Å². The van der Waals surface area contributed by atoms with Crippen LogP contribution in [0.4, 0.5) is 4.79 Å². The van der Waals surface area contributed by atoms with E-state index in [1.807, 2.05) is 0 Å². The molecule has 3 aromatic carbocycles. The molecule has 0 aliphatic heterocycles. The van der Waals surface area contributed by atoms with Crippen LogP contribution in [0.25, 0.3) is 0 Å². The van der Waals surface area contributed by atoms with E-state index in [4.69, 9.17) is 38.6 Å². The maximum absolute atomic E-state index is 13.9. The number of aliphatic carboxylic acids is 2. The summed E-state index contributed by atoms with van der Waals surface area (Å²) in [6, 6.07) is 11.7. The molecule has 0 bridgehead atoms. The number of carboxylic acid groups (broad SMARTS) is 2. The molecular formula is C38H46O13. The summed E-state index contributed by atoms with van der Waals surface area (Å²) >= 11 is 0. The van der Waals surface area contributed by atoms with Crippen molar-refractivity contribution in [1.29, 1.82) is 0 Å². The molecule has 51 heavy (non-hydrogen) atoms. The Morgan fingerprint density at radius 2 is 1.27 bits per heavy atom. The minimum atomic E-state index is -1.69. The van der Waals surface area contributed by atoms with Crippen molar-refractivity contribution in [3.8, 4) is 34.5 Å². The van der Waals surface area contributed by atoms with E-state index in [1.165, 1.54) is 63.8 Å². The lowest BCUT2D eigenvalue weighted by Gasteiger charge is -2.22. The van der Waals surface area contributed by atoms with E-state index >= 15 is 0 Å². The number of phenolic OH excluding ortho intramolecular Hbond substituents is 1. The number of hydrogen-bond acceptors (Lipinski definition) is 11. The number of carboxylic acids is 2. The van der Waals surface area contributed by atoms with Gasteiger partial charge in [-0.15, -0.1) is 0 Å². The summed E-state index contributed by atoms with van der Waals surface area (Å²) in [7, 11) is 2.66. The number of carbonyl (C=O) groups excluding carboxylic acids is 2. The van der Waals surface area contributed by atoms with Crippen LogP contribution >= 0.6 is 0 Å². The van der Waals surface area contributed by atoms with E-state index in [0.717, 1.165) is 32.1 Å². The first-order valence-corrected chi connectivity index (χ1v) is 16.8. The van der Waals surface area contributed by atoms with Crippen molar-refractivity contribution in [2.24, 2.45) is 0 Å². The standard InChI is InChI=1S/C38H46O13/c1-5-6-7-8-9-10-11-15-18-29-24(2)32(43)36(46-3)37(47-4)35(29)51-38(45)50-34(33(44)25-16-13-12-14-17-25)26-19-27(48-22-30(39)40)21-28(20-26)49-23-31(41)42/h12-14,16-17,19-21,34,43H,5-11,15,18,22-23H2,1-4H3,(H,39,40)(H,41,42). The lowest BCUT2D eigenvalue weighted by Crippen LogP contribution is -2.23. The van der Waals surface area contributed by atoms with Gasteiger partial charge in [0, 0.05) is 28.3 Å².